The summed E-state index contributed by atoms with van der Waals surface area (Å²) in [6.07, 6.45) is 2.15. The van der Waals surface area contributed by atoms with Gasteiger partial charge in [-0.05, 0) is 57.2 Å². The van der Waals surface area contributed by atoms with Gasteiger partial charge in [0, 0.05) is 6.54 Å². The lowest BCUT2D eigenvalue weighted by atomic mass is 10.0. The van der Waals surface area contributed by atoms with Crippen molar-refractivity contribution >= 4 is 0 Å². The molecule has 112 valence electrons. The molecule has 0 saturated carbocycles. The van der Waals surface area contributed by atoms with Crippen molar-refractivity contribution in [3.05, 3.63) is 47.9 Å². The quantitative estimate of drug-likeness (QED) is 0.579. The van der Waals surface area contributed by atoms with E-state index in [0.29, 0.717) is 11.8 Å². The Hall–Kier alpha value is -1.44. The highest BCUT2D eigenvalue weighted by Gasteiger charge is 2.11. The van der Waals surface area contributed by atoms with E-state index >= 15 is 0 Å². The summed E-state index contributed by atoms with van der Waals surface area (Å²) < 4.78 is 5.63. The summed E-state index contributed by atoms with van der Waals surface area (Å²) in [7, 11) is 0. The van der Waals surface area contributed by atoms with Crippen LogP contribution in [0, 0.1) is 0 Å². The Labute approximate surface area is 124 Å². The van der Waals surface area contributed by atoms with Gasteiger partial charge in [0.1, 0.15) is 5.60 Å². The molecule has 0 unspecified atom stereocenters. The molecule has 0 aliphatic heterocycles. The number of hydrogen-bond donors (Lipinski definition) is 1. The van der Waals surface area contributed by atoms with Crippen LogP contribution in [-0.4, -0.2) is 12.1 Å². The number of ether oxygens (including phenoxy) is 1. The first-order valence-electron chi connectivity index (χ1n) is 7.48. The lowest BCUT2D eigenvalue weighted by Gasteiger charge is -2.23. The van der Waals surface area contributed by atoms with E-state index in [2.05, 4.69) is 50.0 Å². The fourth-order valence-electron chi connectivity index (χ4n) is 2.00. The van der Waals surface area contributed by atoms with Gasteiger partial charge in [0.05, 0.1) is 0 Å². The van der Waals surface area contributed by atoms with Gasteiger partial charge in [0.2, 0.25) is 0 Å². The van der Waals surface area contributed by atoms with Crippen molar-refractivity contribution in [2.45, 2.75) is 59.0 Å². The molecule has 1 rings (SSSR count). The van der Waals surface area contributed by atoms with E-state index in [1.54, 1.807) is 0 Å². The fraction of sp³-hybridized carbons (Fsp3) is 0.556. The molecule has 1 N–H and O–H groups in total. The fourth-order valence-corrected chi connectivity index (χ4v) is 2.00. The summed E-state index contributed by atoms with van der Waals surface area (Å²) in [4.78, 5) is 0. The van der Waals surface area contributed by atoms with Crippen LogP contribution in [0.2, 0.25) is 0 Å². The van der Waals surface area contributed by atoms with Gasteiger partial charge in [-0.2, -0.15) is 0 Å². The van der Waals surface area contributed by atoms with Crippen molar-refractivity contribution in [3.63, 3.8) is 0 Å². The topological polar surface area (TPSA) is 21.3 Å². The lowest BCUT2D eigenvalue weighted by molar-refractivity contribution is 0.0416. The first-order chi connectivity index (χ1) is 9.28. The van der Waals surface area contributed by atoms with Crippen molar-refractivity contribution in [1.82, 2.24) is 5.32 Å². The molecule has 2 heteroatoms. The van der Waals surface area contributed by atoms with Gasteiger partial charge in [0.25, 0.3) is 0 Å². The highest BCUT2D eigenvalue weighted by atomic mass is 16.5. The molecule has 0 fully saturated rings. The average molecular weight is 275 g/mol. The number of hydrogen-bond acceptors (Lipinski definition) is 2. The maximum absolute atomic E-state index is 5.63. The molecule has 0 radical (unpaired) electrons. The summed E-state index contributed by atoms with van der Waals surface area (Å²) in [5, 5.41) is 3.22. The molecule has 0 aromatic heterocycles. The van der Waals surface area contributed by atoms with Crippen molar-refractivity contribution in [3.8, 4) is 0 Å². The minimum absolute atomic E-state index is 0.184. The molecule has 0 spiro atoms. The zero-order valence-electron chi connectivity index (χ0n) is 13.6. The predicted octanol–water partition coefficient (Wildman–Crippen LogP) is 4.62. The third-order valence-corrected chi connectivity index (χ3v) is 3.04. The normalized spacial score (nSPS) is 11.5. The first-order valence-corrected chi connectivity index (χ1v) is 7.48. The molecule has 0 bridgehead atoms. The standard InChI is InChI=1S/C18H29NO/c1-14(2)17-11-9-16(10-12-17)8-7-13-19-15(3)20-18(4,5)6/h9-12,14,19H,3,7-8,13H2,1-2,4-6H3. The minimum Gasteiger partial charge on any atom is -0.474 e. The van der Waals surface area contributed by atoms with E-state index in [4.69, 9.17) is 4.74 Å². The molecule has 0 saturated heterocycles. The Morgan fingerprint density at radius 1 is 1.20 bits per heavy atom. The Kier molecular flexibility index (Phi) is 6.12. The largest absolute Gasteiger partial charge is 0.474 e. The second-order valence-electron chi connectivity index (χ2n) is 6.56. The van der Waals surface area contributed by atoms with Crippen molar-refractivity contribution in [2.24, 2.45) is 0 Å². The van der Waals surface area contributed by atoms with Crippen LogP contribution < -0.4 is 5.32 Å². The molecule has 0 aliphatic carbocycles. The monoisotopic (exact) mass is 275 g/mol. The predicted molar refractivity (Wildman–Crippen MR) is 86.8 cm³/mol. The van der Waals surface area contributed by atoms with Crippen LogP contribution >= 0.6 is 0 Å². The second-order valence-corrected chi connectivity index (χ2v) is 6.56. The highest BCUT2D eigenvalue weighted by Crippen LogP contribution is 2.15. The van der Waals surface area contributed by atoms with Gasteiger partial charge in [-0.1, -0.05) is 38.1 Å². The number of aryl methyl sites for hydroxylation is 1. The van der Waals surface area contributed by atoms with Crippen molar-refractivity contribution < 1.29 is 4.74 Å². The van der Waals surface area contributed by atoms with Gasteiger partial charge >= 0.3 is 0 Å². The molecule has 1 aromatic rings. The van der Waals surface area contributed by atoms with E-state index < -0.39 is 0 Å². The smallest absolute Gasteiger partial charge is 0.179 e. The van der Waals surface area contributed by atoms with Gasteiger partial charge in [-0.15, -0.1) is 0 Å². The Balaban J connectivity index is 2.26. The minimum atomic E-state index is -0.184. The van der Waals surface area contributed by atoms with Crippen molar-refractivity contribution in [1.29, 1.82) is 0 Å². The molecule has 2 nitrogen and oxygen atoms in total. The van der Waals surface area contributed by atoms with E-state index in [9.17, 15) is 0 Å². The number of benzene rings is 1. The van der Waals surface area contributed by atoms with Crippen LogP contribution in [-0.2, 0) is 11.2 Å². The Morgan fingerprint density at radius 3 is 2.30 bits per heavy atom. The van der Waals surface area contributed by atoms with Crippen LogP contribution in [0.1, 0.15) is 58.1 Å². The third-order valence-electron chi connectivity index (χ3n) is 3.04. The summed E-state index contributed by atoms with van der Waals surface area (Å²) in [6, 6.07) is 8.93. The molecule has 0 amide bonds. The maximum atomic E-state index is 5.63. The molecule has 0 atom stereocenters. The second kappa shape index (κ2) is 7.37. The van der Waals surface area contributed by atoms with E-state index in [1.165, 1.54) is 11.1 Å². The molecule has 0 heterocycles. The van der Waals surface area contributed by atoms with Gasteiger partial charge in [-0.3, -0.25) is 0 Å². The van der Waals surface area contributed by atoms with E-state index in [0.717, 1.165) is 19.4 Å². The first kappa shape index (κ1) is 16.6. The zero-order chi connectivity index (χ0) is 15.2. The highest BCUT2D eigenvalue weighted by molar-refractivity contribution is 5.24. The van der Waals surface area contributed by atoms with Crippen LogP contribution in [0.25, 0.3) is 0 Å². The number of rotatable bonds is 7. The van der Waals surface area contributed by atoms with Crippen LogP contribution in [0.4, 0.5) is 0 Å². The molecule has 0 aliphatic rings. The summed E-state index contributed by atoms with van der Waals surface area (Å²) in [5.41, 5.74) is 2.61. The van der Waals surface area contributed by atoms with Gasteiger partial charge in [-0.25, -0.2) is 0 Å². The summed E-state index contributed by atoms with van der Waals surface area (Å²) in [6.45, 7) is 15.3. The van der Waals surface area contributed by atoms with E-state index in [1.807, 2.05) is 20.8 Å². The van der Waals surface area contributed by atoms with Crippen LogP contribution in [0.15, 0.2) is 36.7 Å². The molecule has 1 aromatic carbocycles. The summed E-state index contributed by atoms with van der Waals surface area (Å²) in [5.74, 6) is 1.26. The van der Waals surface area contributed by atoms with Crippen LogP contribution in [0.3, 0.4) is 0 Å². The average Bonchev–Trinajstić information content (AvgIpc) is 2.33. The maximum Gasteiger partial charge on any atom is 0.179 e. The van der Waals surface area contributed by atoms with Crippen LogP contribution in [0.5, 0.6) is 0 Å². The SMILES string of the molecule is C=C(NCCCc1ccc(C(C)C)cc1)OC(C)(C)C. The van der Waals surface area contributed by atoms with Crippen molar-refractivity contribution in [2.75, 3.05) is 6.54 Å². The lowest BCUT2D eigenvalue weighted by Crippen LogP contribution is -2.25. The van der Waals surface area contributed by atoms with E-state index in [-0.39, 0.29) is 5.60 Å². The van der Waals surface area contributed by atoms with Gasteiger partial charge in [0.15, 0.2) is 5.88 Å². The van der Waals surface area contributed by atoms with Gasteiger partial charge < -0.3 is 10.1 Å². The Morgan fingerprint density at radius 2 is 1.80 bits per heavy atom. The third kappa shape index (κ3) is 6.65. The number of nitrogens with one attached hydrogen (secondary N) is 1. The Bertz CT molecular complexity index is 412. The molecular weight excluding hydrogens is 246 g/mol. The molecule has 20 heavy (non-hydrogen) atoms. The molecular formula is C18H29NO. The zero-order valence-corrected chi connectivity index (χ0v) is 13.6. The summed E-state index contributed by atoms with van der Waals surface area (Å²) >= 11 is 0.